The second-order valence-electron chi connectivity index (χ2n) is 2.11. The van der Waals surface area contributed by atoms with Crippen molar-refractivity contribution >= 4 is 29.8 Å². The summed E-state index contributed by atoms with van der Waals surface area (Å²) in [6.45, 7) is 0. The monoisotopic (exact) mass is 163 g/mol. The predicted octanol–water partition coefficient (Wildman–Crippen LogP) is 1.10. The van der Waals surface area contributed by atoms with E-state index in [1.165, 1.54) is 0 Å². The van der Waals surface area contributed by atoms with Crippen molar-refractivity contribution in [2.45, 2.75) is 18.9 Å². The molecule has 0 saturated carbocycles. The molecule has 9 heavy (non-hydrogen) atoms. The minimum Gasteiger partial charge on any atom is -0.288 e. The van der Waals surface area contributed by atoms with E-state index >= 15 is 0 Å². The molecule has 0 amide bonds. The van der Waals surface area contributed by atoms with Gasteiger partial charge >= 0.3 is 0 Å². The second kappa shape index (κ2) is 2.86. The van der Waals surface area contributed by atoms with Crippen LogP contribution in [0, 0.1) is 0 Å². The fourth-order valence-corrected chi connectivity index (χ4v) is 1.50. The van der Waals surface area contributed by atoms with Crippen LogP contribution in [0.15, 0.2) is 0 Å². The largest absolute Gasteiger partial charge is 0.288 e. The summed E-state index contributed by atoms with van der Waals surface area (Å²) in [7, 11) is 0. The molecule has 2 nitrogen and oxygen atoms in total. The van der Waals surface area contributed by atoms with Crippen molar-refractivity contribution in [1.82, 2.24) is 5.06 Å². The van der Waals surface area contributed by atoms with Gasteiger partial charge < -0.3 is 0 Å². The zero-order chi connectivity index (χ0) is 6.85. The first kappa shape index (κ1) is 7.31. The van der Waals surface area contributed by atoms with Gasteiger partial charge in [0.05, 0.1) is 6.04 Å². The molecule has 1 N–H and O–H groups in total. The highest BCUT2D eigenvalue weighted by atomic mass is 32.1. The van der Waals surface area contributed by atoms with Crippen molar-refractivity contribution in [3.8, 4) is 0 Å². The highest BCUT2D eigenvalue weighted by Gasteiger charge is 2.24. The van der Waals surface area contributed by atoms with Gasteiger partial charge in [-0.05, 0) is 6.42 Å². The number of thiocarbonyl (C=S) groups is 1. The average Bonchev–Trinajstić information content (AvgIpc) is 2.15. The van der Waals surface area contributed by atoms with E-state index in [0.29, 0.717) is 10.7 Å². The summed E-state index contributed by atoms with van der Waals surface area (Å²) in [5.74, 6) is 0.677. The van der Waals surface area contributed by atoms with Gasteiger partial charge in [0.2, 0.25) is 0 Å². The Balaban J connectivity index is 2.51. The quantitative estimate of drug-likeness (QED) is 0.447. The maximum absolute atomic E-state index is 9.10. The van der Waals surface area contributed by atoms with Crippen molar-refractivity contribution < 1.29 is 5.21 Å². The first-order chi connectivity index (χ1) is 4.25. The van der Waals surface area contributed by atoms with Crippen molar-refractivity contribution in [3.05, 3.63) is 0 Å². The fourth-order valence-electron chi connectivity index (χ4n) is 0.899. The van der Waals surface area contributed by atoms with Crippen LogP contribution in [0.4, 0.5) is 0 Å². The van der Waals surface area contributed by atoms with Gasteiger partial charge in [0.25, 0.3) is 0 Å². The molecule has 52 valence electrons. The molecule has 1 rings (SSSR count). The summed E-state index contributed by atoms with van der Waals surface area (Å²) in [5, 5.41) is 10.3. The summed E-state index contributed by atoms with van der Waals surface area (Å²) >= 11 is 8.88. The summed E-state index contributed by atoms with van der Waals surface area (Å²) in [4.78, 5) is 0.647. The predicted molar refractivity (Wildman–Crippen MR) is 43.1 cm³/mol. The normalized spacial score (nSPS) is 27.6. The van der Waals surface area contributed by atoms with E-state index in [0.717, 1.165) is 17.9 Å². The SMILES string of the molecule is ON1C(=S)CC[C@@H]1CS. The lowest BCUT2D eigenvalue weighted by Gasteiger charge is -2.15. The Labute approximate surface area is 65.2 Å². The molecule has 1 saturated heterocycles. The van der Waals surface area contributed by atoms with Gasteiger partial charge in [0.15, 0.2) is 0 Å². The van der Waals surface area contributed by atoms with Gasteiger partial charge in [0.1, 0.15) is 4.99 Å². The van der Waals surface area contributed by atoms with Gasteiger partial charge in [-0.15, -0.1) is 0 Å². The number of thiol groups is 1. The lowest BCUT2D eigenvalue weighted by Crippen LogP contribution is -2.29. The Morgan fingerprint density at radius 1 is 1.89 bits per heavy atom. The van der Waals surface area contributed by atoms with Crippen LogP contribution in [-0.2, 0) is 0 Å². The summed E-state index contributed by atoms with van der Waals surface area (Å²) < 4.78 is 0. The lowest BCUT2D eigenvalue weighted by molar-refractivity contribution is -0.0316. The number of hydrogen-bond acceptors (Lipinski definition) is 3. The van der Waals surface area contributed by atoms with Crippen LogP contribution in [0.25, 0.3) is 0 Å². The molecule has 0 aliphatic carbocycles. The van der Waals surface area contributed by atoms with Crippen LogP contribution in [-0.4, -0.2) is 27.1 Å². The maximum Gasteiger partial charge on any atom is 0.104 e. The highest BCUT2D eigenvalue weighted by Crippen LogP contribution is 2.17. The van der Waals surface area contributed by atoms with Gasteiger partial charge in [-0.3, -0.25) is 5.21 Å². The number of hydroxylamine groups is 2. The Bertz CT molecular complexity index is 128. The second-order valence-corrected chi connectivity index (χ2v) is 2.95. The van der Waals surface area contributed by atoms with Gasteiger partial charge in [-0.2, -0.15) is 12.6 Å². The van der Waals surface area contributed by atoms with E-state index < -0.39 is 0 Å². The molecule has 4 heteroatoms. The highest BCUT2D eigenvalue weighted by molar-refractivity contribution is 7.80. The average molecular weight is 163 g/mol. The molecule has 0 bridgehead atoms. The Kier molecular flexibility index (Phi) is 2.32. The number of rotatable bonds is 1. The van der Waals surface area contributed by atoms with Crippen molar-refractivity contribution in [2.75, 3.05) is 5.75 Å². The third-order valence-electron chi connectivity index (χ3n) is 1.50. The Hall–Kier alpha value is 0.200. The van der Waals surface area contributed by atoms with Crippen molar-refractivity contribution in [1.29, 1.82) is 0 Å². The zero-order valence-corrected chi connectivity index (χ0v) is 6.66. The summed E-state index contributed by atoms with van der Waals surface area (Å²) in [6.07, 6.45) is 1.77. The Morgan fingerprint density at radius 3 is 2.78 bits per heavy atom. The van der Waals surface area contributed by atoms with Gasteiger partial charge in [-0.25, -0.2) is 5.06 Å². The van der Waals surface area contributed by atoms with E-state index in [1.807, 2.05) is 0 Å². The summed E-state index contributed by atoms with van der Waals surface area (Å²) in [5.41, 5.74) is 0. The third kappa shape index (κ3) is 1.36. The minimum absolute atomic E-state index is 0.154. The van der Waals surface area contributed by atoms with Crippen LogP contribution in [0.3, 0.4) is 0 Å². The molecule has 1 atom stereocenters. The van der Waals surface area contributed by atoms with Crippen LogP contribution in [0.2, 0.25) is 0 Å². The molecule has 1 heterocycles. The van der Waals surface area contributed by atoms with E-state index in [-0.39, 0.29) is 6.04 Å². The zero-order valence-electron chi connectivity index (χ0n) is 4.95. The minimum atomic E-state index is 0.154. The van der Waals surface area contributed by atoms with Crippen LogP contribution in [0.5, 0.6) is 0 Å². The fraction of sp³-hybridized carbons (Fsp3) is 0.800. The van der Waals surface area contributed by atoms with Crippen molar-refractivity contribution in [2.24, 2.45) is 0 Å². The molecule has 1 aliphatic heterocycles. The molecule has 1 aliphatic rings. The van der Waals surface area contributed by atoms with Gasteiger partial charge in [-0.1, -0.05) is 12.2 Å². The van der Waals surface area contributed by atoms with E-state index in [2.05, 4.69) is 12.6 Å². The number of nitrogens with zero attached hydrogens (tertiary/aromatic N) is 1. The Morgan fingerprint density at radius 2 is 2.56 bits per heavy atom. The van der Waals surface area contributed by atoms with Crippen molar-refractivity contribution in [3.63, 3.8) is 0 Å². The smallest absolute Gasteiger partial charge is 0.104 e. The van der Waals surface area contributed by atoms with E-state index in [1.54, 1.807) is 0 Å². The third-order valence-corrected chi connectivity index (χ3v) is 2.32. The van der Waals surface area contributed by atoms with E-state index in [4.69, 9.17) is 17.4 Å². The van der Waals surface area contributed by atoms with Crippen LogP contribution in [0.1, 0.15) is 12.8 Å². The summed E-state index contributed by atoms with van der Waals surface area (Å²) in [6, 6.07) is 0.154. The molecular weight excluding hydrogens is 154 g/mol. The topological polar surface area (TPSA) is 23.5 Å². The van der Waals surface area contributed by atoms with E-state index in [9.17, 15) is 0 Å². The molecule has 0 aromatic heterocycles. The molecule has 0 aromatic carbocycles. The first-order valence-electron chi connectivity index (χ1n) is 2.87. The molecule has 0 unspecified atom stereocenters. The van der Waals surface area contributed by atoms with Crippen LogP contribution < -0.4 is 0 Å². The van der Waals surface area contributed by atoms with Crippen LogP contribution >= 0.6 is 24.8 Å². The molecule has 0 aromatic rings. The maximum atomic E-state index is 9.10. The molecule has 0 spiro atoms. The number of hydrogen-bond donors (Lipinski definition) is 2. The lowest BCUT2D eigenvalue weighted by atomic mass is 10.3. The molecule has 0 radical (unpaired) electrons. The standard InChI is InChI=1S/C5H9NOS2/c7-6-4(3-8)1-2-5(6)9/h4,7-8H,1-3H2/t4-/m1/s1. The molecule has 1 fully saturated rings. The molecular formula is C5H9NOS2. The first-order valence-corrected chi connectivity index (χ1v) is 3.91. The van der Waals surface area contributed by atoms with Gasteiger partial charge in [0, 0.05) is 12.2 Å².